The smallest absolute Gasteiger partial charge is 0.251 e. The van der Waals surface area contributed by atoms with E-state index in [1.807, 2.05) is 67.8 Å². The zero-order chi connectivity index (χ0) is 26.4. The minimum absolute atomic E-state index is 0.123. The highest BCUT2D eigenvalue weighted by Gasteiger charge is 2.20. The average Bonchev–Trinajstić information content (AvgIpc) is 3.40. The molecule has 4 rings (SSSR count). The summed E-state index contributed by atoms with van der Waals surface area (Å²) >= 11 is 1.31. The zero-order valence-corrected chi connectivity index (χ0v) is 21.5. The fourth-order valence-electron chi connectivity index (χ4n) is 3.69. The van der Waals surface area contributed by atoms with E-state index in [9.17, 15) is 14.7 Å². The number of nitrogens with zero attached hydrogens (tertiary/aromatic N) is 2. The SMILES string of the molecule is CC(C)(CN)c1cccc(C(=O)NCC(=O)Nc2nc(-c3cccc(-c4ccnc(CO)c4)c3)cs2)c1. The molecular weight excluding hydrogens is 486 g/mol. The van der Waals surface area contributed by atoms with Crippen LogP contribution in [0.3, 0.4) is 0 Å². The fraction of sp³-hybridized carbons (Fsp3) is 0.214. The third-order valence-corrected chi connectivity index (χ3v) is 6.80. The number of aliphatic hydroxyl groups excluding tert-OH is 1. The minimum atomic E-state index is -0.366. The Balaban J connectivity index is 1.38. The summed E-state index contributed by atoms with van der Waals surface area (Å²) in [7, 11) is 0. The summed E-state index contributed by atoms with van der Waals surface area (Å²) in [5.41, 5.74) is 11.2. The van der Waals surface area contributed by atoms with Gasteiger partial charge in [-0.3, -0.25) is 14.6 Å². The second-order valence-corrected chi connectivity index (χ2v) is 10.1. The van der Waals surface area contributed by atoms with Crippen molar-refractivity contribution in [3.63, 3.8) is 0 Å². The predicted octanol–water partition coefficient (Wildman–Crippen LogP) is 3.97. The molecule has 2 aromatic heterocycles. The van der Waals surface area contributed by atoms with Crippen LogP contribution in [0.2, 0.25) is 0 Å². The van der Waals surface area contributed by atoms with Crippen LogP contribution in [0.1, 0.15) is 35.5 Å². The van der Waals surface area contributed by atoms with E-state index in [4.69, 9.17) is 5.73 Å². The molecule has 0 fully saturated rings. The van der Waals surface area contributed by atoms with E-state index in [2.05, 4.69) is 20.6 Å². The Bertz CT molecular complexity index is 1420. The Labute approximate surface area is 219 Å². The zero-order valence-electron chi connectivity index (χ0n) is 20.7. The van der Waals surface area contributed by atoms with Gasteiger partial charge in [0.25, 0.3) is 5.91 Å². The number of aromatic nitrogens is 2. The van der Waals surface area contributed by atoms with Crippen LogP contribution in [0.15, 0.2) is 72.2 Å². The molecule has 2 aromatic carbocycles. The van der Waals surface area contributed by atoms with Crippen LogP contribution in [0.5, 0.6) is 0 Å². The molecule has 0 aliphatic rings. The predicted molar refractivity (Wildman–Crippen MR) is 146 cm³/mol. The molecule has 0 aliphatic carbocycles. The number of nitrogens with one attached hydrogen (secondary N) is 2. The number of amides is 2. The molecule has 2 heterocycles. The quantitative estimate of drug-likeness (QED) is 0.267. The Hall–Kier alpha value is -3.92. The normalized spacial score (nSPS) is 11.2. The first-order valence-corrected chi connectivity index (χ1v) is 12.7. The maximum Gasteiger partial charge on any atom is 0.251 e. The van der Waals surface area contributed by atoms with Crippen molar-refractivity contribution in [2.75, 3.05) is 18.4 Å². The fourth-order valence-corrected chi connectivity index (χ4v) is 4.43. The van der Waals surface area contributed by atoms with Crippen LogP contribution in [0.25, 0.3) is 22.4 Å². The van der Waals surface area contributed by atoms with Gasteiger partial charge in [0, 0.05) is 34.7 Å². The second-order valence-electron chi connectivity index (χ2n) is 9.21. The highest BCUT2D eigenvalue weighted by molar-refractivity contribution is 7.14. The molecule has 190 valence electrons. The van der Waals surface area contributed by atoms with Crippen molar-refractivity contribution in [2.24, 2.45) is 5.73 Å². The molecule has 5 N–H and O–H groups in total. The number of aliphatic hydroxyl groups is 1. The molecule has 2 amide bonds. The number of carbonyl (C=O) groups excluding carboxylic acids is 2. The maximum atomic E-state index is 12.6. The van der Waals surface area contributed by atoms with Gasteiger partial charge in [0.2, 0.25) is 5.91 Å². The van der Waals surface area contributed by atoms with Crippen molar-refractivity contribution >= 4 is 28.3 Å². The van der Waals surface area contributed by atoms with Gasteiger partial charge in [0.1, 0.15) is 0 Å². The second kappa shape index (κ2) is 11.4. The van der Waals surface area contributed by atoms with Crippen molar-refractivity contribution in [2.45, 2.75) is 25.9 Å². The lowest BCUT2D eigenvalue weighted by atomic mass is 9.84. The summed E-state index contributed by atoms with van der Waals surface area (Å²) in [6.07, 6.45) is 1.67. The van der Waals surface area contributed by atoms with Crippen molar-refractivity contribution in [1.29, 1.82) is 0 Å². The number of benzene rings is 2. The first-order chi connectivity index (χ1) is 17.8. The molecule has 0 unspecified atom stereocenters. The molecule has 9 heteroatoms. The molecule has 37 heavy (non-hydrogen) atoms. The van der Waals surface area contributed by atoms with Crippen LogP contribution < -0.4 is 16.4 Å². The van der Waals surface area contributed by atoms with E-state index in [0.29, 0.717) is 22.9 Å². The van der Waals surface area contributed by atoms with Gasteiger partial charge in [0.05, 0.1) is 24.5 Å². The third kappa shape index (κ3) is 6.45. The lowest BCUT2D eigenvalue weighted by Crippen LogP contribution is -2.33. The summed E-state index contributed by atoms with van der Waals surface area (Å²) in [5, 5.41) is 17.1. The summed E-state index contributed by atoms with van der Waals surface area (Å²) < 4.78 is 0. The first kappa shape index (κ1) is 26.2. The number of nitrogens with two attached hydrogens (primary N) is 1. The lowest BCUT2D eigenvalue weighted by Gasteiger charge is -2.23. The van der Waals surface area contributed by atoms with Gasteiger partial charge in [-0.05, 0) is 47.0 Å². The molecular formula is C28H29N5O3S. The molecule has 0 aliphatic heterocycles. The molecule has 0 saturated heterocycles. The number of pyridine rings is 1. The van der Waals surface area contributed by atoms with Crippen LogP contribution in [-0.2, 0) is 16.8 Å². The average molecular weight is 516 g/mol. The van der Waals surface area contributed by atoms with Crippen molar-refractivity contribution in [1.82, 2.24) is 15.3 Å². The molecule has 0 atom stereocenters. The Morgan fingerprint density at radius 2 is 1.78 bits per heavy atom. The number of anilines is 1. The third-order valence-electron chi connectivity index (χ3n) is 6.05. The molecule has 4 aromatic rings. The lowest BCUT2D eigenvalue weighted by molar-refractivity contribution is -0.115. The summed E-state index contributed by atoms with van der Waals surface area (Å²) in [5.74, 6) is -0.698. The highest BCUT2D eigenvalue weighted by atomic mass is 32.1. The van der Waals surface area contributed by atoms with Gasteiger partial charge in [-0.25, -0.2) is 4.98 Å². The van der Waals surface area contributed by atoms with E-state index in [1.54, 1.807) is 18.3 Å². The van der Waals surface area contributed by atoms with Crippen LogP contribution in [0, 0.1) is 0 Å². The van der Waals surface area contributed by atoms with Crippen molar-refractivity contribution in [3.8, 4) is 22.4 Å². The van der Waals surface area contributed by atoms with Gasteiger partial charge in [0.15, 0.2) is 5.13 Å². The van der Waals surface area contributed by atoms with Crippen LogP contribution in [0.4, 0.5) is 5.13 Å². The van der Waals surface area contributed by atoms with E-state index in [1.165, 1.54) is 11.3 Å². The largest absolute Gasteiger partial charge is 0.390 e. The number of rotatable bonds is 9. The first-order valence-electron chi connectivity index (χ1n) is 11.8. The monoisotopic (exact) mass is 515 g/mol. The topological polar surface area (TPSA) is 130 Å². The molecule has 0 bridgehead atoms. The van der Waals surface area contributed by atoms with Gasteiger partial charge in [-0.15, -0.1) is 11.3 Å². The Kier molecular flexibility index (Phi) is 8.08. The van der Waals surface area contributed by atoms with Gasteiger partial charge in [-0.1, -0.05) is 44.2 Å². The van der Waals surface area contributed by atoms with E-state index < -0.39 is 0 Å². The number of hydrogen-bond donors (Lipinski definition) is 4. The molecule has 0 saturated carbocycles. The van der Waals surface area contributed by atoms with E-state index in [-0.39, 0.29) is 30.4 Å². The van der Waals surface area contributed by atoms with E-state index in [0.717, 1.165) is 27.9 Å². The van der Waals surface area contributed by atoms with Crippen molar-refractivity contribution in [3.05, 3.63) is 89.1 Å². The minimum Gasteiger partial charge on any atom is -0.390 e. The molecule has 0 spiro atoms. The van der Waals surface area contributed by atoms with Crippen molar-refractivity contribution < 1.29 is 14.7 Å². The van der Waals surface area contributed by atoms with Gasteiger partial charge < -0.3 is 21.5 Å². The Morgan fingerprint density at radius 3 is 2.57 bits per heavy atom. The standard InChI is InChI=1S/C28H29N5O3S/c1-28(2,17-29)22-8-4-7-21(12-22)26(36)31-14-25(35)33-27-32-24(16-37-27)20-6-3-5-18(11-20)19-9-10-30-23(13-19)15-34/h3-13,16,34H,14-15,17,29H2,1-2H3,(H,31,36)(H,32,33,35). The summed E-state index contributed by atoms with van der Waals surface area (Å²) in [6.45, 7) is 4.18. The molecule has 8 nitrogen and oxygen atoms in total. The summed E-state index contributed by atoms with van der Waals surface area (Å²) in [4.78, 5) is 33.7. The Morgan fingerprint density at radius 1 is 1.03 bits per heavy atom. The van der Waals surface area contributed by atoms with Crippen LogP contribution >= 0.6 is 11.3 Å². The number of carbonyl (C=O) groups is 2. The van der Waals surface area contributed by atoms with E-state index >= 15 is 0 Å². The number of thiazole rings is 1. The highest BCUT2D eigenvalue weighted by Crippen LogP contribution is 2.29. The summed E-state index contributed by atoms with van der Waals surface area (Å²) in [6, 6.07) is 18.8. The number of hydrogen-bond acceptors (Lipinski definition) is 7. The molecule has 0 radical (unpaired) electrons. The van der Waals surface area contributed by atoms with Gasteiger partial charge >= 0.3 is 0 Å². The maximum absolute atomic E-state index is 12.6. The van der Waals surface area contributed by atoms with Crippen LogP contribution in [-0.4, -0.2) is 40.0 Å². The van der Waals surface area contributed by atoms with Gasteiger partial charge in [-0.2, -0.15) is 0 Å².